The van der Waals surface area contributed by atoms with E-state index in [-0.39, 0.29) is 37.1 Å². The zero-order valence-electron chi connectivity index (χ0n) is 10.6. The van der Waals surface area contributed by atoms with Gasteiger partial charge in [0.05, 0.1) is 10.6 Å². The van der Waals surface area contributed by atoms with E-state index < -0.39 is 10.2 Å². The van der Waals surface area contributed by atoms with Crippen molar-refractivity contribution < 1.29 is 13.2 Å². The Morgan fingerprint density at radius 1 is 1.20 bits per heavy atom. The maximum atomic E-state index is 12.3. The van der Waals surface area contributed by atoms with Crippen LogP contribution >= 0.6 is 11.6 Å². The number of carbonyl (C=O) groups is 1. The van der Waals surface area contributed by atoms with Gasteiger partial charge in [-0.25, -0.2) is 5.14 Å². The minimum atomic E-state index is -3.70. The molecule has 0 spiro atoms. The lowest BCUT2D eigenvalue weighted by atomic mass is 10.1. The zero-order valence-corrected chi connectivity index (χ0v) is 12.2. The molecule has 1 aromatic carbocycles. The molecule has 9 heteroatoms. The maximum absolute atomic E-state index is 12.3. The number of hydrogen-bond acceptors (Lipinski definition) is 4. The number of anilines is 1. The zero-order chi connectivity index (χ0) is 14.9. The highest BCUT2D eigenvalue weighted by molar-refractivity contribution is 7.86. The largest absolute Gasteiger partial charge is 0.399 e. The number of hydrogen-bond donors (Lipinski definition) is 2. The normalized spacial score (nSPS) is 17.2. The molecule has 7 nitrogen and oxygen atoms in total. The Hall–Kier alpha value is -1.35. The van der Waals surface area contributed by atoms with Gasteiger partial charge < -0.3 is 10.6 Å². The van der Waals surface area contributed by atoms with Crippen LogP contribution in [0.5, 0.6) is 0 Å². The fraction of sp³-hybridized carbons (Fsp3) is 0.364. The first-order valence-corrected chi connectivity index (χ1v) is 7.79. The summed E-state index contributed by atoms with van der Waals surface area (Å²) < 4.78 is 23.5. The van der Waals surface area contributed by atoms with E-state index in [1.54, 1.807) is 17.0 Å². The molecule has 1 aliphatic heterocycles. The van der Waals surface area contributed by atoms with Crippen molar-refractivity contribution in [3.63, 3.8) is 0 Å². The Bertz CT molecular complexity index is 627. The van der Waals surface area contributed by atoms with Gasteiger partial charge in [-0.1, -0.05) is 11.6 Å². The third kappa shape index (κ3) is 3.21. The van der Waals surface area contributed by atoms with Crippen molar-refractivity contribution >= 4 is 33.4 Å². The van der Waals surface area contributed by atoms with Crippen molar-refractivity contribution in [1.29, 1.82) is 0 Å². The van der Waals surface area contributed by atoms with Gasteiger partial charge in [0.1, 0.15) is 0 Å². The molecule has 4 N–H and O–H groups in total. The number of rotatable bonds is 2. The third-order valence-electron chi connectivity index (χ3n) is 3.11. The van der Waals surface area contributed by atoms with Gasteiger partial charge in [0.25, 0.3) is 16.1 Å². The van der Waals surface area contributed by atoms with Crippen molar-refractivity contribution in [3.05, 3.63) is 28.8 Å². The highest BCUT2D eigenvalue weighted by atomic mass is 35.5. The van der Waals surface area contributed by atoms with E-state index in [9.17, 15) is 13.2 Å². The van der Waals surface area contributed by atoms with Crippen LogP contribution in [0.3, 0.4) is 0 Å². The van der Waals surface area contributed by atoms with Crippen molar-refractivity contribution in [2.24, 2.45) is 5.14 Å². The summed E-state index contributed by atoms with van der Waals surface area (Å²) in [5, 5.41) is 5.32. The van der Waals surface area contributed by atoms with Crippen LogP contribution in [0.15, 0.2) is 18.2 Å². The van der Waals surface area contributed by atoms with Crippen molar-refractivity contribution in [2.45, 2.75) is 0 Å². The number of benzene rings is 1. The average molecular weight is 319 g/mol. The van der Waals surface area contributed by atoms with Crippen LogP contribution in [0, 0.1) is 0 Å². The predicted molar refractivity (Wildman–Crippen MR) is 76.4 cm³/mol. The van der Waals surface area contributed by atoms with Gasteiger partial charge in [0, 0.05) is 31.9 Å². The van der Waals surface area contributed by atoms with Gasteiger partial charge in [-0.2, -0.15) is 12.7 Å². The molecule has 0 saturated carbocycles. The van der Waals surface area contributed by atoms with Gasteiger partial charge >= 0.3 is 0 Å². The van der Waals surface area contributed by atoms with Crippen LogP contribution in [0.2, 0.25) is 5.02 Å². The Labute approximate surface area is 122 Å². The molecule has 0 aromatic heterocycles. The molecule has 0 bridgehead atoms. The molecule has 1 amide bonds. The molecular formula is C11H15ClN4O3S. The summed E-state index contributed by atoms with van der Waals surface area (Å²) in [6.45, 7) is 0.903. The van der Waals surface area contributed by atoms with E-state index in [1.165, 1.54) is 6.07 Å². The predicted octanol–water partition coefficient (Wildman–Crippen LogP) is -0.116. The summed E-state index contributed by atoms with van der Waals surface area (Å²) in [6, 6.07) is 4.67. The van der Waals surface area contributed by atoms with E-state index in [1.807, 2.05) is 0 Å². The van der Waals surface area contributed by atoms with Gasteiger partial charge in [-0.15, -0.1) is 0 Å². The first-order chi connectivity index (χ1) is 9.29. The molecule has 2 rings (SSSR count). The molecule has 1 saturated heterocycles. The topological polar surface area (TPSA) is 110 Å². The number of nitrogens with zero attached hydrogens (tertiary/aromatic N) is 2. The van der Waals surface area contributed by atoms with Gasteiger partial charge in [0.15, 0.2) is 0 Å². The number of nitrogens with two attached hydrogens (primary N) is 2. The van der Waals surface area contributed by atoms with Crippen molar-refractivity contribution in [1.82, 2.24) is 9.21 Å². The molecular weight excluding hydrogens is 304 g/mol. The van der Waals surface area contributed by atoms with Crippen molar-refractivity contribution in [3.8, 4) is 0 Å². The first-order valence-electron chi connectivity index (χ1n) is 5.91. The van der Waals surface area contributed by atoms with E-state index in [0.29, 0.717) is 11.3 Å². The van der Waals surface area contributed by atoms with Crippen LogP contribution in [0.25, 0.3) is 0 Å². The highest BCUT2D eigenvalue weighted by Crippen LogP contribution is 2.21. The number of amides is 1. The molecule has 0 atom stereocenters. The summed E-state index contributed by atoms with van der Waals surface area (Å²) in [5.74, 6) is -0.246. The molecule has 1 aromatic rings. The summed E-state index contributed by atoms with van der Waals surface area (Å²) in [5.41, 5.74) is 6.40. The lowest BCUT2D eigenvalue weighted by Crippen LogP contribution is -2.52. The highest BCUT2D eigenvalue weighted by Gasteiger charge is 2.27. The van der Waals surface area contributed by atoms with Gasteiger partial charge in [-0.3, -0.25) is 4.79 Å². The minimum Gasteiger partial charge on any atom is -0.399 e. The van der Waals surface area contributed by atoms with Crippen molar-refractivity contribution in [2.75, 3.05) is 31.9 Å². The second kappa shape index (κ2) is 5.57. The lowest BCUT2D eigenvalue weighted by molar-refractivity contribution is 0.0698. The van der Waals surface area contributed by atoms with E-state index >= 15 is 0 Å². The molecule has 0 radical (unpaired) electrons. The summed E-state index contributed by atoms with van der Waals surface area (Å²) in [4.78, 5) is 13.8. The fourth-order valence-electron chi connectivity index (χ4n) is 2.02. The monoisotopic (exact) mass is 318 g/mol. The van der Waals surface area contributed by atoms with Crippen LogP contribution in [-0.4, -0.2) is 49.7 Å². The van der Waals surface area contributed by atoms with Crippen LogP contribution < -0.4 is 10.9 Å². The van der Waals surface area contributed by atoms with Gasteiger partial charge in [-0.05, 0) is 18.2 Å². The Kier molecular flexibility index (Phi) is 4.19. The molecule has 1 aliphatic rings. The summed E-state index contributed by atoms with van der Waals surface area (Å²) >= 11 is 5.99. The minimum absolute atomic E-state index is 0.178. The second-order valence-corrected chi connectivity index (χ2v) is 6.43. The van der Waals surface area contributed by atoms with Crippen LogP contribution in [0.1, 0.15) is 10.4 Å². The van der Waals surface area contributed by atoms with E-state index in [4.69, 9.17) is 22.5 Å². The first kappa shape index (κ1) is 15.0. The molecule has 0 aliphatic carbocycles. The SMILES string of the molecule is Nc1ccc(C(=O)N2CCN(S(N)(=O)=O)CC2)c(Cl)c1. The quantitative estimate of drug-likeness (QED) is 0.741. The Morgan fingerprint density at radius 2 is 1.80 bits per heavy atom. The van der Waals surface area contributed by atoms with E-state index in [0.717, 1.165) is 4.31 Å². The standard InChI is InChI=1S/C11H15ClN4O3S/c12-10-7-8(13)1-2-9(10)11(17)15-3-5-16(6-4-15)20(14,18)19/h1-2,7H,3-6,13H2,(H2,14,18,19). The number of nitrogen functional groups attached to an aromatic ring is 1. The second-order valence-electron chi connectivity index (χ2n) is 4.48. The summed E-state index contributed by atoms with van der Waals surface area (Å²) in [7, 11) is -3.70. The van der Waals surface area contributed by atoms with E-state index in [2.05, 4.69) is 0 Å². The Morgan fingerprint density at radius 3 is 2.30 bits per heavy atom. The Balaban J connectivity index is 2.09. The maximum Gasteiger partial charge on any atom is 0.277 e. The number of piperazine rings is 1. The molecule has 110 valence electrons. The van der Waals surface area contributed by atoms with Crippen LogP contribution in [0.4, 0.5) is 5.69 Å². The summed E-state index contributed by atoms with van der Waals surface area (Å²) in [6.07, 6.45) is 0. The fourth-order valence-corrected chi connectivity index (χ4v) is 2.96. The molecule has 20 heavy (non-hydrogen) atoms. The average Bonchev–Trinajstić information content (AvgIpc) is 2.37. The molecule has 0 unspecified atom stereocenters. The molecule has 1 fully saturated rings. The molecule has 1 heterocycles. The number of halogens is 1. The lowest BCUT2D eigenvalue weighted by Gasteiger charge is -2.33. The van der Waals surface area contributed by atoms with Gasteiger partial charge in [0.2, 0.25) is 0 Å². The number of carbonyl (C=O) groups excluding carboxylic acids is 1. The van der Waals surface area contributed by atoms with Crippen LogP contribution in [-0.2, 0) is 10.2 Å². The smallest absolute Gasteiger partial charge is 0.277 e. The third-order valence-corrected chi connectivity index (χ3v) is 4.51.